The van der Waals surface area contributed by atoms with E-state index in [2.05, 4.69) is 0 Å². The van der Waals surface area contributed by atoms with Crippen molar-refractivity contribution in [3.05, 3.63) is 0 Å². The Labute approximate surface area is 70.2 Å². The second kappa shape index (κ2) is 4.94. The highest BCUT2D eigenvalue weighted by Gasteiger charge is 2.27. The number of ketones is 2. The van der Waals surface area contributed by atoms with Crippen LogP contribution in [0.5, 0.6) is 0 Å². The van der Waals surface area contributed by atoms with Crippen LogP contribution < -0.4 is 22.9 Å². The topological polar surface area (TPSA) is 138 Å². The minimum absolute atomic E-state index is 0.249. The van der Waals surface area contributed by atoms with Crippen LogP contribution in [-0.4, -0.2) is 30.8 Å². The molecule has 0 unspecified atom stereocenters. The normalized spacial score (nSPS) is 10.8. The SMILES string of the molecule is NCC(=O)C(C(=O)CN)C(N)N. The lowest BCUT2D eigenvalue weighted by atomic mass is 9.96. The van der Waals surface area contributed by atoms with Gasteiger partial charge in [0.05, 0.1) is 19.3 Å². The molecule has 0 aromatic carbocycles. The van der Waals surface area contributed by atoms with Gasteiger partial charge in [-0.15, -0.1) is 0 Å². The first-order chi connectivity index (χ1) is 5.54. The monoisotopic (exact) mass is 174 g/mol. The molecule has 0 saturated carbocycles. The van der Waals surface area contributed by atoms with E-state index >= 15 is 0 Å². The summed E-state index contributed by atoms with van der Waals surface area (Å²) in [5, 5.41) is 0. The van der Waals surface area contributed by atoms with E-state index in [0.717, 1.165) is 0 Å². The van der Waals surface area contributed by atoms with Crippen LogP contribution in [0.4, 0.5) is 0 Å². The maximum atomic E-state index is 11.0. The molecule has 0 aromatic heterocycles. The van der Waals surface area contributed by atoms with Crippen LogP contribution in [0.2, 0.25) is 0 Å². The van der Waals surface area contributed by atoms with Gasteiger partial charge in [0, 0.05) is 0 Å². The van der Waals surface area contributed by atoms with Gasteiger partial charge in [-0.3, -0.25) is 9.59 Å². The Morgan fingerprint density at radius 3 is 1.50 bits per heavy atom. The van der Waals surface area contributed by atoms with E-state index in [1.165, 1.54) is 0 Å². The lowest BCUT2D eigenvalue weighted by Gasteiger charge is -2.15. The molecule has 0 atom stereocenters. The van der Waals surface area contributed by atoms with Crippen LogP contribution in [0.25, 0.3) is 0 Å². The predicted octanol–water partition coefficient (Wildman–Crippen LogP) is -3.10. The molecule has 0 aromatic rings. The zero-order valence-corrected chi connectivity index (χ0v) is 6.69. The van der Waals surface area contributed by atoms with Crippen molar-refractivity contribution in [2.45, 2.75) is 6.17 Å². The van der Waals surface area contributed by atoms with E-state index in [4.69, 9.17) is 22.9 Å². The number of hydrogen-bond donors (Lipinski definition) is 4. The first-order valence-electron chi connectivity index (χ1n) is 3.51. The molecule has 0 radical (unpaired) electrons. The molecule has 6 heteroatoms. The van der Waals surface area contributed by atoms with Gasteiger partial charge >= 0.3 is 0 Å². The summed E-state index contributed by atoms with van der Waals surface area (Å²) >= 11 is 0. The molecular formula is C6H14N4O2. The van der Waals surface area contributed by atoms with Crippen LogP contribution in [0.3, 0.4) is 0 Å². The van der Waals surface area contributed by atoms with Crippen LogP contribution >= 0.6 is 0 Å². The molecule has 12 heavy (non-hydrogen) atoms. The Bertz CT molecular complexity index is 164. The van der Waals surface area contributed by atoms with Crippen LogP contribution in [0, 0.1) is 5.92 Å². The zero-order valence-electron chi connectivity index (χ0n) is 6.69. The molecule has 6 nitrogen and oxygen atoms in total. The average Bonchev–Trinajstić information content (AvgIpc) is 2.03. The van der Waals surface area contributed by atoms with Gasteiger partial charge in [-0.2, -0.15) is 0 Å². The van der Waals surface area contributed by atoms with Crippen molar-refractivity contribution in [3.63, 3.8) is 0 Å². The molecular weight excluding hydrogens is 160 g/mol. The van der Waals surface area contributed by atoms with Crippen LogP contribution in [0.1, 0.15) is 0 Å². The van der Waals surface area contributed by atoms with Crippen molar-refractivity contribution < 1.29 is 9.59 Å². The number of nitrogens with two attached hydrogens (primary N) is 4. The summed E-state index contributed by atoms with van der Waals surface area (Å²) in [6.07, 6.45) is -1.02. The molecule has 0 spiro atoms. The molecule has 8 N–H and O–H groups in total. The number of carbonyl (C=O) groups is 2. The third-order valence-electron chi connectivity index (χ3n) is 1.48. The van der Waals surface area contributed by atoms with Gasteiger partial charge in [-0.05, 0) is 0 Å². The van der Waals surface area contributed by atoms with Crippen molar-refractivity contribution in [2.24, 2.45) is 28.9 Å². The third-order valence-corrected chi connectivity index (χ3v) is 1.48. The maximum absolute atomic E-state index is 11.0. The smallest absolute Gasteiger partial charge is 0.159 e. The molecule has 0 heterocycles. The summed E-state index contributed by atoms with van der Waals surface area (Å²) in [6.45, 7) is -0.497. The van der Waals surface area contributed by atoms with Crippen molar-refractivity contribution in [2.75, 3.05) is 13.1 Å². The van der Waals surface area contributed by atoms with E-state index in [1.807, 2.05) is 0 Å². The minimum Gasteiger partial charge on any atom is -0.324 e. The minimum atomic E-state index is -1.06. The fraction of sp³-hybridized carbons (Fsp3) is 0.667. The lowest BCUT2D eigenvalue weighted by molar-refractivity contribution is -0.132. The summed E-state index contributed by atoms with van der Waals surface area (Å²) in [7, 11) is 0. The zero-order chi connectivity index (χ0) is 9.72. The van der Waals surface area contributed by atoms with Gasteiger partial charge in [-0.25, -0.2) is 0 Å². The van der Waals surface area contributed by atoms with E-state index in [-0.39, 0.29) is 13.1 Å². The van der Waals surface area contributed by atoms with E-state index < -0.39 is 23.7 Å². The van der Waals surface area contributed by atoms with E-state index in [9.17, 15) is 9.59 Å². The summed E-state index contributed by atoms with van der Waals surface area (Å²) in [5.41, 5.74) is 20.5. The fourth-order valence-electron chi connectivity index (χ4n) is 0.863. The number of carbonyl (C=O) groups excluding carboxylic acids is 2. The molecule has 0 saturated heterocycles. The van der Waals surface area contributed by atoms with Gasteiger partial charge in [0.25, 0.3) is 0 Å². The van der Waals surface area contributed by atoms with Crippen molar-refractivity contribution >= 4 is 11.6 Å². The molecule has 0 aliphatic rings. The number of hydrogen-bond acceptors (Lipinski definition) is 6. The van der Waals surface area contributed by atoms with Gasteiger partial charge in [-0.1, -0.05) is 0 Å². The highest BCUT2D eigenvalue weighted by molar-refractivity contribution is 6.04. The van der Waals surface area contributed by atoms with Gasteiger partial charge in [0.2, 0.25) is 0 Å². The highest BCUT2D eigenvalue weighted by atomic mass is 16.2. The number of Topliss-reactive ketones (excluding diaryl/α,β-unsaturated/α-hetero) is 2. The molecule has 70 valence electrons. The molecule has 0 bridgehead atoms. The molecule has 0 rings (SSSR count). The Balaban J connectivity index is 4.43. The predicted molar refractivity (Wildman–Crippen MR) is 43.8 cm³/mol. The largest absolute Gasteiger partial charge is 0.324 e. The summed E-state index contributed by atoms with van der Waals surface area (Å²) < 4.78 is 0. The van der Waals surface area contributed by atoms with Crippen LogP contribution in [-0.2, 0) is 9.59 Å². The highest BCUT2D eigenvalue weighted by Crippen LogP contribution is 1.99. The van der Waals surface area contributed by atoms with Crippen molar-refractivity contribution in [1.82, 2.24) is 0 Å². The quantitative estimate of drug-likeness (QED) is 0.257. The number of rotatable bonds is 5. The molecule has 0 amide bonds. The summed E-state index contributed by atoms with van der Waals surface area (Å²) in [5.74, 6) is -2.00. The summed E-state index contributed by atoms with van der Waals surface area (Å²) in [4.78, 5) is 22.0. The van der Waals surface area contributed by atoms with Gasteiger partial charge in [0.15, 0.2) is 11.6 Å². The fourth-order valence-corrected chi connectivity index (χ4v) is 0.863. The molecule has 0 fully saturated rings. The second-order valence-corrected chi connectivity index (χ2v) is 2.40. The van der Waals surface area contributed by atoms with Crippen molar-refractivity contribution in [3.8, 4) is 0 Å². The first kappa shape index (κ1) is 11.2. The Hall–Kier alpha value is -0.820. The third kappa shape index (κ3) is 2.67. The Morgan fingerprint density at radius 1 is 1.00 bits per heavy atom. The lowest BCUT2D eigenvalue weighted by Crippen LogP contribution is -2.50. The van der Waals surface area contributed by atoms with Gasteiger partial charge in [0.1, 0.15) is 5.92 Å². The average molecular weight is 174 g/mol. The second-order valence-electron chi connectivity index (χ2n) is 2.40. The molecule has 0 aliphatic carbocycles. The Morgan fingerprint density at radius 2 is 1.33 bits per heavy atom. The van der Waals surface area contributed by atoms with Crippen LogP contribution in [0.15, 0.2) is 0 Å². The maximum Gasteiger partial charge on any atom is 0.159 e. The molecule has 0 aliphatic heterocycles. The standard InChI is InChI=1S/C6H14N4O2/c7-1-3(11)5(6(9)10)4(12)2-8/h5-6H,1-2,7-10H2. The first-order valence-corrected chi connectivity index (χ1v) is 3.51. The van der Waals surface area contributed by atoms with Gasteiger partial charge < -0.3 is 22.9 Å². The Kier molecular flexibility index (Phi) is 4.60. The van der Waals surface area contributed by atoms with E-state index in [1.54, 1.807) is 0 Å². The van der Waals surface area contributed by atoms with Crippen molar-refractivity contribution in [1.29, 1.82) is 0 Å². The van der Waals surface area contributed by atoms with E-state index in [0.29, 0.717) is 0 Å². The summed E-state index contributed by atoms with van der Waals surface area (Å²) in [6, 6.07) is 0.